The maximum atomic E-state index is 13.0. The van der Waals surface area contributed by atoms with Crippen LogP contribution < -0.4 is 10.6 Å². The van der Waals surface area contributed by atoms with Crippen LogP contribution in [0.5, 0.6) is 0 Å². The molecule has 1 saturated carbocycles. The van der Waals surface area contributed by atoms with E-state index in [0.717, 1.165) is 18.9 Å². The average Bonchev–Trinajstić information content (AvgIpc) is 3.30. The highest BCUT2D eigenvalue weighted by Crippen LogP contribution is 2.31. The van der Waals surface area contributed by atoms with Gasteiger partial charge in [0, 0.05) is 17.8 Å². The zero-order valence-electron chi connectivity index (χ0n) is 11.9. The van der Waals surface area contributed by atoms with Crippen molar-refractivity contribution >= 4 is 17.5 Å². The Kier molecular flexibility index (Phi) is 3.78. The number of rotatable bonds is 4. The first-order valence-electron chi connectivity index (χ1n) is 6.94. The number of hydrogen-bond acceptors (Lipinski definition) is 5. The first-order valence-corrected chi connectivity index (χ1v) is 6.94. The summed E-state index contributed by atoms with van der Waals surface area (Å²) in [5.74, 6) is -0.0353. The largest absolute Gasteiger partial charge is 0.433 e. The molecule has 8 heteroatoms. The van der Waals surface area contributed by atoms with Crippen molar-refractivity contribution in [2.75, 3.05) is 10.6 Å². The maximum absolute atomic E-state index is 13.0. The fraction of sp³-hybridized carbons (Fsp3) is 0.267. The van der Waals surface area contributed by atoms with Crippen LogP contribution in [-0.4, -0.2) is 16.0 Å². The lowest BCUT2D eigenvalue weighted by Crippen LogP contribution is -2.14. The second-order valence-electron chi connectivity index (χ2n) is 5.20. The van der Waals surface area contributed by atoms with Crippen LogP contribution in [0.1, 0.15) is 24.1 Å². The Bertz CT molecular complexity index is 762. The molecule has 1 aliphatic rings. The van der Waals surface area contributed by atoms with Gasteiger partial charge in [-0.15, -0.1) is 0 Å². The summed E-state index contributed by atoms with van der Waals surface area (Å²) in [4.78, 5) is 7.58. The van der Waals surface area contributed by atoms with Gasteiger partial charge in [0.25, 0.3) is 0 Å². The van der Waals surface area contributed by atoms with Crippen LogP contribution >= 0.6 is 0 Å². The van der Waals surface area contributed by atoms with Crippen LogP contribution in [0.4, 0.5) is 30.6 Å². The number of nitrogens with zero attached hydrogens (tertiary/aromatic N) is 3. The Hall–Kier alpha value is -2.82. The number of alkyl halides is 3. The average molecular weight is 319 g/mol. The summed E-state index contributed by atoms with van der Waals surface area (Å²) < 4.78 is 38.9. The van der Waals surface area contributed by atoms with Crippen LogP contribution in [0.15, 0.2) is 30.3 Å². The number of halogens is 3. The molecule has 0 unspecified atom stereocenters. The van der Waals surface area contributed by atoms with Crippen molar-refractivity contribution in [1.82, 2.24) is 9.97 Å². The third kappa shape index (κ3) is 3.88. The summed E-state index contributed by atoms with van der Waals surface area (Å²) >= 11 is 0. The molecular formula is C15H12F3N5. The van der Waals surface area contributed by atoms with E-state index in [9.17, 15) is 13.2 Å². The number of nitrogens with one attached hydrogen (secondary N) is 2. The lowest BCUT2D eigenvalue weighted by atomic mass is 10.2. The van der Waals surface area contributed by atoms with Gasteiger partial charge in [0.2, 0.25) is 5.95 Å². The molecule has 2 N–H and O–H groups in total. The van der Waals surface area contributed by atoms with Crippen molar-refractivity contribution in [3.63, 3.8) is 0 Å². The molecule has 0 spiro atoms. The van der Waals surface area contributed by atoms with Gasteiger partial charge in [-0.1, -0.05) is 6.07 Å². The third-order valence-corrected chi connectivity index (χ3v) is 3.19. The highest BCUT2D eigenvalue weighted by Gasteiger charge is 2.34. The summed E-state index contributed by atoms with van der Waals surface area (Å²) in [6.45, 7) is 0. The fourth-order valence-electron chi connectivity index (χ4n) is 1.95. The van der Waals surface area contributed by atoms with E-state index < -0.39 is 11.9 Å². The molecule has 1 aromatic heterocycles. The van der Waals surface area contributed by atoms with Crippen molar-refractivity contribution in [1.29, 1.82) is 5.26 Å². The minimum absolute atomic E-state index is 0.0190. The van der Waals surface area contributed by atoms with Gasteiger partial charge in [0.15, 0.2) is 5.69 Å². The van der Waals surface area contributed by atoms with Gasteiger partial charge in [0.05, 0.1) is 11.6 Å². The van der Waals surface area contributed by atoms with E-state index in [0.29, 0.717) is 11.3 Å². The normalized spacial score (nSPS) is 14.2. The van der Waals surface area contributed by atoms with Gasteiger partial charge < -0.3 is 10.6 Å². The van der Waals surface area contributed by atoms with E-state index in [1.54, 1.807) is 18.2 Å². The standard InChI is InChI=1S/C15H12F3N5/c16-15(17,18)12-7-13(23-14(22-12)21-10-4-5-10)20-11-3-1-2-9(6-11)8-19/h1-3,6-7,10H,4-5H2,(H2,20,21,22,23). The summed E-state index contributed by atoms with van der Waals surface area (Å²) in [6, 6.07) is 9.36. The van der Waals surface area contributed by atoms with Gasteiger partial charge in [-0.25, -0.2) is 4.98 Å². The molecule has 1 fully saturated rings. The van der Waals surface area contributed by atoms with E-state index in [-0.39, 0.29) is 17.8 Å². The quantitative estimate of drug-likeness (QED) is 0.899. The van der Waals surface area contributed by atoms with Crippen LogP contribution in [0.2, 0.25) is 0 Å². The fourth-order valence-corrected chi connectivity index (χ4v) is 1.95. The van der Waals surface area contributed by atoms with Crippen LogP contribution in [-0.2, 0) is 6.18 Å². The molecule has 0 amide bonds. The van der Waals surface area contributed by atoms with Gasteiger partial charge in [-0.05, 0) is 31.0 Å². The van der Waals surface area contributed by atoms with E-state index >= 15 is 0 Å². The van der Waals surface area contributed by atoms with Gasteiger partial charge in [-0.3, -0.25) is 0 Å². The molecule has 0 saturated heterocycles. The molecule has 5 nitrogen and oxygen atoms in total. The summed E-state index contributed by atoms with van der Waals surface area (Å²) in [5, 5.41) is 14.5. The molecule has 3 rings (SSSR count). The Morgan fingerprint density at radius 2 is 1.96 bits per heavy atom. The van der Waals surface area contributed by atoms with E-state index in [1.807, 2.05) is 6.07 Å². The highest BCUT2D eigenvalue weighted by molar-refractivity contribution is 5.60. The van der Waals surface area contributed by atoms with Crippen molar-refractivity contribution in [2.45, 2.75) is 25.1 Å². The highest BCUT2D eigenvalue weighted by atomic mass is 19.4. The molecule has 1 heterocycles. The number of aromatic nitrogens is 2. The Morgan fingerprint density at radius 3 is 2.61 bits per heavy atom. The molecule has 23 heavy (non-hydrogen) atoms. The second kappa shape index (κ2) is 5.76. The SMILES string of the molecule is N#Cc1cccc(Nc2cc(C(F)(F)F)nc(NC3CC3)n2)c1. The zero-order chi connectivity index (χ0) is 16.4. The summed E-state index contributed by atoms with van der Waals surface area (Å²) in [5.41, 5.74) is -0.140. The van der Waals surface area contributed by atoms with Crippen molar-refractivity contribution in [3.05, 3.63) is 41.6 Å². The molecule has 0 aliphatic heterocycles. The maximum Gasteiger partial charge on any atom is 0.433 e. The molecule has 0 atom stereocenters. The predicted molar refractivity (Wildman–Crippen MR) is 78.1 cm³/mol. The third-order valence-electron chi connectivity index (χ3n) is 3.19. The van der Waals surface area contributed by atoms with Gasteiger partial charge in [0.1, 0.15) is 5.82 Å². The first kappa shape index (κ1) is 15.1. The van der Waals surface area contributed by atoms with Gasteiger partial charge in [-0.2, -0.15) is 23.4 Å². The molecule has 118 valence electrons. The second-order valence-corrected chi connectivity index (χ2v) is 5.20. The van der Waals surface area contributed by atoms with Crippen LogP contribution in [0, 0.1) is 11.3 Å². The Morgan fingerprint density at radius 1 is 1.17 bits per heavy atom. The van der Waals surface area contributed by atoms with E-state index in [2.05, 4.69) is 20.6 Å². The minimum Gasteiger partial charge on any atom is -0.351 e. The minimum atomic E-state index is -4.56. The van der Waals surface area contributed by atoms with Crippen molar-refractivity contribution < 1.29 is 13.2 Å². The van der Waals surface area contributed by atoms with E-state index in [1.165, 1.54) is 6.07 Å². The van der Waals surface area contributed by atoms with Gasteiger partial charge >= 0.3 is 6.18 Å². The molecule has 0 bridgehead atoms. The van der Waals surface area contributed by atoms with Crippen molar-refractivity contribution in [2.24, 2.45) is 0 Å². The summed E-state index contributed by atoms with van der Waals surface area (Å²) in [6.07, 6.45) is -2.77. The molecule has 0 radical (unpaired) electrons. The lowest BCUT2D eigenvalue weighted by molar-refractivity contribution is -0.141. The number of anilines is 3. The Labute approximate surface area is 130 Å². The zero-order valence-corrected chi connectivity index (χ0v) is 11.9. The molecule has 2 aromatic rings. The topological polar surface area (TPSA) is 73.6 Å². The monoisotopic (exact) mass is 319 g/mol. The Balaban J connectivity index is 1.91. The molecule has 1 aromatic carbocycles. The summed E-state index contributed by atoms with van der Waals surface area (Å²) in [7, 11) is 0. The smallest absolute Gasteiger partial charge is 0.351 e. The number of hydrogen-bond donors (Lipinski definition) is 2. The van der Waals surface area contributed by atoms with Crippen molar-refractivity contribution in [3.8, 4) is 6.07 Å². The molecule has 1 aliphatic carbocycles. The van der Waals surface area contributed by atoms with Crippen LogP contribution in [0.25, 0.3) is 0 Å². The predicted octanol–water partition coefficient (Wildman–Crippen LogP) is 3.68. The first-order chi connectivity index (χ1) is 10.9. The lowest BCUT2D eigenvalue weighted by Gasteiger charge is -2.12. The number of benzene rings is 1. The van der Waals surface area contributed by atoms with Crippen LogP contribution in [0.3, 0.4) is 0 Å². The molecular weight excluding hydrogens is 307 g/mol. The number of nitriles is 1. The van der Waals surface area contributed by atoms with E-state index in [4.69, 9.17) is 5.26 Å².